The number of rotatable bonds is 9. The third kappa shape index (κ3) is 5.51. The highest BCUT2D eigenvalue weighted by Gasteiger charge is 2.39. The summed E-state index contributed by atoms with van der Waals surface area (Å²) < 4.78 is 5.16. The highest BCUT2D eigenvalue weighted by atomic mass is 16.5. The van der Waals surface area contributed by atoms with Crippen LogP contribution in [-0.4, -0.2) is 59.6 Å². The van der Waals surface area contributed by atoms with Crippen LogP contribution in [0, 0.1) is 0 Å². The summed E-state index contributed by atoms with van der Waals surface area (Å²) in [4.78, 5) is 17.9. The first kappa shape index (κ1) is 25.6. The van der Waals surface area contributed by atoms with E-state index in [1.807, 2.05) is 19.1 Å². The second kappa shape index (κ2) is 11.5. The largest absolute Gasteiger partial charge is 0.504 e. The molecule has 1 aliphatic heterocycles. The predicted octanol–water partition coefficient (Wildman–Crippen LogP) is 4.46. The number of aromatic hydroxyl groups is 1. The number of phenolic OH excluding ortho intramolecular Hbond substituents is 1. The maximum absolute atomic E-state index is 13.3. The summed E-state index contributed by atoms with van der Waals surface area (Å²) in [5.41, 5.74) is 8.95. The molecule has 188 valence electrons. The number of carbonyl (C=O) groups excluding carboxylic acids is 1. The second-order valence-electron chi connectivity index (χ2n) is 9.15. The van der Waals surface area contributed by atoms with Crippen LogP contribution in [-0.2, 0) is 4.79 Å². The van der Waals surface area contributed by atoms with Crippen molar-refractivity contribution in [3.05, 3.63) is 102 Å². The maximum atomic E-state index is 13.3. The van der Waals surface area contributed by atoms with Gasteiger partial charge in [0, 0.05) is 26.2 Å². The van der Waals surface area contributed by atoms with Crippen LogP contribution in [0.15, 0.2) is 84.9 Å². The van der Waals surface area contributed by atoms with Crippen molar-refractivity contribution in [3.8, 4) is 11.5 Å². The maximum Gasteiger partial charge on any atom is 0.190 e. The minimum Gasteiger partial charge on any atom is -0.504 e. The lowest BCUT2D eigenvalue weighted by atomic mass is 9.94. The molecule has 1 fully saturated rings. The zero-order chi connectivity index (χ0) is 25.5. The molecule has 3 N–H and O–H groups in total. The first-order chi connectivity index (χ1) is 17.5. The third-order valence-corrected chi connectivity index (χ3v) is 7.07. The zero-order valence-electron chi connectivity index (χ0n) is 21.0. The summed E-state index contributed by atoms with van der Waals surface area (Å²) in [6.07, 6.45) is 3.77. The zero-order valence-corrected chi connectivity index (χ0v) is 21.0. The molecular weight excluding hydrogens is 450 g/mol. The first-order valence-electron chi connectivity index (χ1n) is 12.4. The van der Waals surface area contributed by atoms with E-state index in [0.29, 0.717) is 25.3 Å². The SMILES string of the molecule is CCC(N)(C(=O)C=Cc1ccc(O)c(OC)c1)N1CCN(C(c2ccccc2)c2ccccc2)CC1. The Balaban J connectivity index is 1.48. The van der Waals surface area contributed by atoms with Crippen molar-refractivity contribution in [1.82, 2.24) is 9.80 Å². The van der Waals surface area contributed by atoms with Gasteiger partial charge in [-0.05, 0) is 41.3 Å². The number of benzene rings is 3. The van der Waals surface area contributed by atoms with Crippen molar-refractivity contribution in [2.75, 3.05) is 33.3 Å². The fraction of sp³-hybridized carbons (Fsp3) is 0.300. The fourth-order valence-electron chi connectivity index (χ4n) is 4.93. The van der Waals surface area contributed by atoms with Gasteiger partial charge in [-0.2, -0.15) is 0 Å². The summed E-state index contributed by atoms with van der Waals surface area (Å²) in [7, 11) is 1.50. The van der Waals surface area contributed by atoms with Crippen LogP contribution < -0.4 is 10.5 Å². The Hall–Kier alpha value is -3.45. The van der Waals surface area contributed by atoms with Crippen LogP contribution in [0.2, 0.25) is 0 Å². The Morgan fingerprint density at radius 2 is 1.58 bits per heavy atom. The van der Waals surface area contributed by atoms with Gasteiger partial charge in [0.15, 0.2) is 17.3 Å². The minimum absolute atomic E-state index is 0.0601. The van der Waals surface area contributed by atoms with Gasteiger partial charge in [0.05, 0.1) is 13.2 Å². The molecular formula is C30H35N3O3. The number of phenols is 1. The number of methoxy groups -OCH3 is 1. The molecule has 36 heavy (non-hydrogen) atoms. The van der Waals surface area contributed by atoms with E-state index in [-0.39, 0.29) is 17.6 Å². The van der Waals surface area contributed by atoms with Crippen LogP contribution >= 0.6 is 0 Å². The molecule has 0 bridgehead atoms. The normalized spacial score (nSPS) is 16.8. The van der Waals surface area contributed by atoms with Gasteiger partial charge in [0.25, 0.3) is 0 Å². The Morgan fingerprint density at radius 3 is 2.11 bits per heavy atom. The van der Waals surface area contributed by atoms with Crippen molar-refractivity contribution >= 4 is 11.9 Å². The van der Waals surface area contributed by atoms with Crippen molar-refractivity contribution in [2.45, 2.75) is 25.0 Å². The number of nitrogens with two attached hydrogens (primary N) is 1. The van der Waals surface area contributed by atoms with Crippen molar-refractivity contribution in [2.24, 2.45) is 5.73 Å². The summed E-state index contributed by atoms with van der Waals surface area (Å²) in [6.45, 7) is 4.97. The molecule has 1 saturated heterocycles. The monoisotopic (exact) mass is 485 g/mol. The average molecular weight is 486 g/mol. The fourth-order valence-corrected chi connectivity index (χ4v) is 4.93. The first-order valence-corrected chi connectivity index (χ1v) is 12.4. The molecule has 6 nitrogen and oxygen atoms in total. The molecule has 0 aliphatic carbocycles. The molecule has 3 aromatic rings. The molecule has 0 spiro atoms. The van der Waals surface area contributed by atoms with Gasteiger partial charge in [-0.25, -0.2) is 0 Å². The van der Waals surface area contributed by atoms with Gasteiger partial charge in [-0.1, -0.05) is 79.7 Å². The molecule has 1 heterocycles. The topological polar surface area (TPSA) is 79.0 Å². The Kier molecular flexibility index (Phi) is 8.21. The summed E-state index contributed by atoms with van der Waals surface area (Å²) in [6, 6.07) is 26.2. The van der Waals surface area contributed by atoms with Gasteiger partial charge >= 0.3 is 0 Å². The second-order valence-corrected chi connectivity index (χ2v) is 9.15. The predicted molar refractivity (Wildman–Crippen MR) is 144 cm³/mol. The molecule has 0 aromatic heterocycles. The van der Waals surface area contributed by atoms with Crippen molar-refractivity contribution in [3.63, 3.8) is 0 Å². The summed E-state index contributed by atoms with van der Waals surface area (Å²) in [5, 5.41) is 9.81. The highest BCUT2D eigenvalue weighted by Crippen LogP contribution is 2.31. The van der Waals surface area contributed by atoms with E-state index in [0.717, 1.165) is 18.7 Å². The number of ether oxygens (including phenoxy) is 1. The molecule has 4 rings (SSSR count). The smallest absolute Gasteiger partial charge is 0.190 e. The van der Waals surface area contributed by atoms with E-state index >= 15 is 0 Å². The summed E-state index contributed by atoms with van der Waals surface area (Å²) >= 11 is 0. The van der Waals surface area contributed by atoms with Crippen LogP contribution in [0.25, 0.3) is 6.08 Å². The van der Waals surface area contributed by atoms with E-state index in [1.165, 1.54) is 18.2 Å². The van der Waals surface area contributed by atoms with Gasteiger partial charge in [-0.3, -0.25) is 14.6 Å². The molecule has 1 unspecified atom stereocenters. The van der Waals surface area contributed by atoms with Crippen LogP contribution in [0.4, 0.5) is 0 Å². The Morgan fingerprint density at radius 1 is 1.00 bits per heavy atom. The Bertz CT molecular complexity index is 1140. The third-order valence-electron chi connectivity index (χ3n) is 7.07. The molecule has 3 aromatic carbocycles. The van der Waals surface area contributed by atoms with Crippen molar-refractivity contribution < 1.29 is 14.6 Å². The van der Waals surface area contributed by atoms with E-state index < -0.39 is 5.66 Å². The number of piperazine rings is 1. The van der Waals surface area contributed by atoms with Gasteiger partial charge in [0.2, 0.25) is 0 Å². The van der Waals surface area contributed by atoms with E-state index in [9.17, 15) is 9.90 Å². The van der Waals surface area contributed by atoms with Crippen LogP contribution in [0.1, 0.15) is 36.1 Å². The lowest BCUT2D eigenvalue weighted by Gasteiger charge is -2.46. The molecule has 6 heteroatoms. The number of hydrogen-bond acceptors (Lipinski definition) is 6. The van der Waals surface area contributed by atoms with E-state index in [1.54, 1.807) is 30.4 Å². The van der Waals surface area contributed by atoms with Gasteiger partial charge in [-0.15, -0.1) is 0 Å². The quantitative estimate of drug-likeness (QED) is 0.436. The van der Waals surface area contributed by atoms with Gasteiger partial charge in [0.1, 0.15) is 5.66 Å². The van der Waals surface area contributed by atoms with E-state index in [2.05, 4.69) is 58.3 Å². The van der Waals surface area contributed by atoms with Gasteiger partial charge < -0.3 is 15.6 Å². The number of hydrogen-bond donors (Lipinski definition) is 2. The van der Waals surface area contributed by atoms with Crippen LogP contribution in [0.3, 0.4) is 0 Å². The number of nitrogens with zero attached hydrogens (tertiary/aromatic N) is 2. The lowest BCUT2D eigenvalue weighted by molar-refractivity contribution is -0.128. The summed E-state index contributed by atoms with van der Waals surface area (Å²) in [5.74, 6) is 0.291. The highest BCUT2D eigenvalue weighted by molar-refractivity contribution is 6.00. The molecule has 1 atom stereocenters. The number of carbonyl (C=O) groups is 1. The van der Waals surface area contributed by atoms with Crippen LogP contribution in [0.5, 0.6) is 11.5 Å². The minimum atomic E-state index is -1.07. The van der Waals surface area contributed by atoms with Crippen molar-refractivity contribution in [1.29, 1.82) is 0 Å². The molecule has 0 radical (unpaired) electrons. The molecule has 0 saturated carbocycles. The average Bonchev–Trinajstić information content (AvgIpc) is 2.93. The lowest BCUT2D eigenvalue weighted by Crippen LogP contribution is -2.65. The Labute approximate surface area is 213 Å². The molecule has 0 amide bonds. The standard InChI is InChI=1S/C30H35N3O3/c1-3-30(31,28(35)17-15-23-14-16-26(34)27(22-23)36-2)33-20-18-32(19-21-33)29(24-10-6-4-7-11-24)25-12-8-5-9-13-25/h4-17,22,29,34H,3,18-21,31H2,1-2H3. The molecule has 1 aliphatic rings. The number of ketones is 1. The van der Waals surface area contributed by atoms with E-state index in [4.69, 9.17) is 10.5 Å².